The highest BCUT2D eigenvalue weighted by Crippen LogP contribution is 2.26. The highest BCUT2D eigenvalue weighted by atomic mass is 16.6. The molecule has 212 valence electrons. The molecule has 3 aromatic rings. The Labute approximate surface area is 237 Å². The summed E-state index contributed by atoms with van der Waals surface area (Å²) in [5.41, 5.74) is 2.83. The lowest BCUT2D eigenvalue weighted by Crippen LogP contribution is -2.55. The van der Waals surface area contributed by atoms with Crippen molar-refractivity contribution in [2.45, 2.75) is 78.2 Å². The first kappa shape index (κ1) is 30.4. The van der Waals surface area contributed by atoms with Gasteiger partial charge in [-0.1, -0.05) is 90.5 Å². The average Bonchev–Trinajstić information content (AvgIpc) is 2.90. The fourth-order valence-electron chi connectivity index (χ4n) is 4.43. The molecule has 0 aliphatic heterocycles. The monoisotopic (exact) mass is 543 g/mol. The zero-order chi connectivity index (χ0) is 29.3. The standard InChI is InChI=1S/C33H41N3O4/c1-23(2)36(31(38)28(21-25-13-9-7-10-14-25)35-32(39)40-33(4,5)6)29(27-19-17-24(3)18-20-27)30(37)34-22-26-15-11-8-12-16-26/h7-20,23,28-29H,21-22H2,1-6H3,(H,34,37)(H,35,39). The van der Waals surface area contributed by atoms with E-state index in [9.17, 15) is 14.4 Å². The predicted octanol–water partition coefficient (Wildman–Crippen LogP) is 5.73. The van der Waals surface area contributed by atoms with Gasteiger partial charge >= 0.3 is 6.09 Å². The van der Waals surface area contributed by atoms with Crippen LogP contribution < -0.4 is 10.6 Å². The Hall–Kier alpha value is -4.13. The van der Waals surface area contributed by atoms with Crippen LogP contribution in [0.15, 0.2) is 84.9 Å². The summed E-state index contributed by atoms with van der Waals surface area (Å²) in [6.07, 6.45) is -0.445. The molecule has 3 rings (SSSR count). The number of alkyl carbamates (subject to hydrolysis) is 1. The van der Waals surface area contributed by atoms with Crippen molar-refractivity contribution in [3.63, 3.8) is 0 Å². The van der Waals surface area contributed by atoms with E-state index in [-0.39, 0.29) is 24.3 Å². The Kier molecular flexibility index (Phi) is 10.5. The van der Waals surface area contributed by atoms with Crippen molar-refractivity contribution in [2.75, 3.05) is 0 Å². The Morgan fingerprint density at radius 2 is 1.38 bits per heavy atom. The first-order valence-corrected chi connectivity index (χ1v) is 13.7. The number of hydrogen-bond acceptors (Lipinski definition) is 4. The molecule has 3 aromatic carbocycles. The summed E-state index contributed by atoms with van der Waals surface area (Å²) in [5.74, 6) is -0.671. The van der Waals surface area contributed by atoms with Crippen molar-refractivity contribution in [3.8, 4) is 0 Å². The summed E-state index contributed by atoms with van der Waals surface area (Å²) in [7, 11) is 0. The average molecular weight is 544 g/mol. The lowest BCUT2D eigenvalue weighted by Gasteiger charge is -2.37. The Morgan fingerprint density at radius 3 is 1.90 bits per heavy atom. The van der Waals surface area contributed by atoms with Crippen molar-refractivity contribution in [1.82, 2.24) is 15.5 Å². The summed E-state index contributed by atoms with van der Waals surface area (Å²) in [4.78, 5) is 42.6. The molecular weight excluding hydrogens is 502 g/mol. The lowest BCUT2D eigenvalue weighted by molar-refractivity contribution is -0.144. The molecular formula is C33H41N3O4. The SMILES string of the molecule is Cc1ccc(C(C(=O)NCc2ccccc2)N(C(=O)C(Cc2ccccc2)NC(=O)OC(C)(C)C)C(C)C)cc1. The summed E-state index contributed by atoms with van der Waals surface area (Å²) < 4.78 is 5.49. The van der Waals surface area contributed by atoms with Crippen LogP contribution in [0.5, 0.6) is 0 Å². The molecule has 3 amide bonds. The zero-order valence-electron chi connectivity index (χ0n) is 24.3. The molecule has 0 saturated carbocycles. The highest BCUT2D eigenvalue weighted by molar-refractivity contribution is 5.92. The van der Waals surface area contributed by atoms with E-state index in [1.807, 2.05) is 106 Å². The number of nitrogens with zero attached hydrogens (tertiary/aromatic N) is 1. The summed E-state index contributed by atoms with van der Waals surface area (Å²) in [6.45, 7) is 11.3. The molecule has 40 heavy (non-hydrogen) atoms. The molecule has 0 aliphatic carbocycles. The number of nitrogens with one attached hydrogen (secondary N) is 2. The molecule has 0 fully saturated rings. The zero-order valence-corrected chi connectivity index (χ0v) is 24.3. The van der Waals surface area contributed by atoms with E-state index in [0.29, 0.717) is 12.1 Å². The van der Waals surface area contributed by atoms with E-state index in [4.69, 9.17) is 4.74 Å². The fourth-order valence-corrected chi connectivity index (χ4v) is 4.43. The second-order valence-electron chi connectivity index (χ2n) is 11.2. The lowest BCUT2D eigenvalue weighted by atomic mass is 9.98. The minimum absolute atomic E-state index is 0.244. The molecule has 7 heteroatoms. The van der Waals surface area contributed by atoms with Crippen LogP contribution in [0.1, 0.15) is 62.9 Å². The van der Waals surface area contributed by atoms with E-state index < -0.39 is 23.8 Å². The first-order valence-electron chi connectivity index (χ1n) is 13.7. The minimum atomic E-state index is -0.950. The van der Waals surface area contributed by atoms with Gasteiger partial charge in [-0.2, -0.15) is 0 Å². The van der Waals surface area contributed by atoms with Gasteiger partial charge in [0.05, 0.1) is 0 Å². The largest absolute Gasteiger partial charge is 0.444 e. The molecule has 0 spiro atoms. The highest BCUT2D eigenvalue weighted by Gasteiger charge is 2.37. The molecule has 7 nitrogen and oxygen atoms in total. The van der Waals surface area contributed by atoms with E-state index >= 15 is 0 Å². The maximum Gasteiger partial charge on any atom is 0.408 e. The molecule has 2 N–H and O–H groups in total. The van der Waals surface area contributed by atoms with Crippen molar-refractivity contribution < 1.29 is 19.1 Å². The minimum Gasteiger partial charge on any atom is -0.444 e. The number of benzene rings is 3. The van der Waals surface area contributed by atoms with Gasteiger partial charge in [0.1, 0.15) is 17.7 Å². The van der Waals surface area contributed by atoms with E-state index in [1.54, 1.807) is 25.7 Å². The number of hydrogen-bond donors (Lipinski definition) is 2. The summed E-state index contributed by atoms with van der Waals surface area (Å²) in [6, 6.07) is 24.5. The maximum absolute atomic E-state index is 14.3. The molecule has 0 aliphatic rings. The second-order valence-corrected chi connectivity index (χ2v) is 11.2. The summed E-state index contributed by atoms with van der Waals surface area (Å²) >= 11 is 0. The van der Waals surface area contributed by atoms with Crippen LogP contribution in [-0.2, 0) is 27.3 Å². The van der Waals surface area contributed by atoms with Crippen LogP contribution in [0.3, 0.4) is 0 Å². The smallest absolute Gasteiger partial charge is 0.408 e. The van der Waals surface area contributed by atoms with Crippen LogP contribution in [0.4, 0.5) is 4.79 Å². The van der Waals surface area contributed by atoms with Crippen LogP contribution in [0.25, 0.3) is 0 Å². The van der Waals surface area contributed by atoms with Crippen molar-refractivity contribution >= 4 is 17.9 Å². The number of amides is 3. The molecule has 2 unspecified atom stereocenters. The number of carbonyl (C=O) groups is 3. The van der Waals surface area contributed by atoms with Gasteiger partial charge in [0, 0.05) is 19.0 Å². The quantitative estimate of drug-likeness (QED) is 0.342. The van der Waals surface area contributed by atoms with Gasteiger partial charge in [-0.15, -0.1) is 0 Å². The van der Waals surface area contributed by atoms with Gasteiger partial charge in [-0.25, -0.2) is 4.79 Å². The third-order valence-corrected chi connectivity index (χ3v) is 6.31. The normalized spacial score (nSPS) is 12.8. The van der Waals surface area contributed by atoms with E-state index in [0.717, 1.165) is 16.7 Å². The van der Waals surface area contributed by atoms with Gasteiger partial charge in [0.25, 0.3) is 0 Å². The van der Waals surface area contributed by atoms with Gasteiger partial charge in [-0.3, -0.25) is 9.59 Å². The Balaban J connectivity index is 1.98. The van der Waals surface area contributed by atoms with Gasteiger partial charge in [0.15, 0.2) is 0 Å². The van der Waals surface area contributed by atoms with Crippen LogP contribution in [0, 0.1) is 6.92 Å². The number of rotatable bonds is 10. The third kappa shape index (κ3) is 8.97. The molecule has 0 bridgehead atoms. The molecule has 2 atom stereocenters. The fraction of sp³-hybridized carbons (Fsp3) is 0.364. The van der Waals surface area contributed by atoms with Gasteiger partial charge in [0.2, 0.25) is 11.8 Å². The molecule has 0 aromatic heterocycles. The first-order chi connectivity index (χ1) is 18.9. The topological polar surface area (TPSA) is 87.7 Å². The third-order valence-electron chi connectivity index (χ3n) is 6.31. The number of aryl methyl sites for hydroxylation is 1. The van der Waals surface area contributed by atoms with Crippen LogP contribution in [0.2, 0.25) is 0 Å². The van der Waals surface area contributed by atoms with E-state index in [2.05, 4.69) is 10.6 Å². The molecule has 0 heterocycles. The Morgan fingerprint density at radius 1 is 0.825 bits per heavy atom. The summed E-state index contributed by atoms with van der Waals surface area (Å²) in [5, 5.41) is 5.80. The Bertz CT molecular complexity index is 1250. The van der Waals surface area contributed by atoms with Crippen LogP contribution in [-0.4, -0.2) is 40.5 Å². The predicted molar refractivity (Wildman–Crippen MR) is 157 cm³/mol. The van der Waals surface area contributed by atoms with Crippen molar-refractivity contribution in [1.29, 1.82) is 0 Å². The van der Waals surface area contributed by atoms with Crippen molar-refractivity contribution in [2.24, 2.45) is 0 Å². The van der Waals surface area contributed by atoms with Gasteiger partial charge < -0.3 is 20.3 Å². The second kappa shape index (κ2) is 13.8. The van der Waals surface area contributed by atoms with Crippen LogP contribution >= 0.6 is 0 Å². The number of ether oxygens (including phenoxy) is 1. The molecule has 0 radical (unpaired) electrons. The molecule has 0 saturated heterocycles. The van der Waals surface area contributed by atoms with E-state index in [1.165, 1.54) is 0 Å². The van der Waals surface area contributed by atoms with Gasteiger partial charge in [-0.05, 0) is 58.2 Å². The van der Waals surface area contributed by atoms with Crippen molar-refractivity contribution in [3.05, 3.63) is 107 Å². The maximum atomic E-state index is 14.3. The number of carbonyl (C=O) groups excluding carboxylic acids is 3.